The molecule has 1 aromatic rings. The van der Waals surface area contributed by atoms with Gasteiger partial charge >= 0.3 is 0 Å². The quantitative estimate of drug-likeness (QED) is 0.737. The molecule has 3 nitrogen and oxygen atoms in total. The summed E-state index contributed by atoms with van der Waals surface area (Å²) < 4.78 is 27.7. The van der Waals surface area contributed by atoms with Crippen LogP contribution in [0.5, 0.6) is 0 Å². The van der Waals surface area contributed by atoms with Crippen LogP contribution in [0.1, 0.15) is 19.4 Å². The minimum Gasteiger partial charge on any atom is -0.342 e. The first-order chi connectivity index (χ1) is 9.40. The van der Waals surface area contributed by atoms with Gasteiger partial charge in [0.2, 0.25) is 5.91 Å². The highest BCUT2D eigenvalue weighted by molar-refractivity contribution is 9.10. The van der Waals surface area contributed by atoms with Crippen LogP contribution >= 0.6 is 15.9 Å². The molecule has 1 rings (SSSR count). The fourth-order valence-corrected chi connectivity index (χ4v) is 2.32. The summed E-state index contributed by atoms with van der Waals surface area (Å²) in [4.78, 5) is 15.2. The molecule has 0 N–H and O–H groups in total. The smallest absolute Gasteiger partial charge is 0.236 e. The summed E-state index contributed by atoms with van der Waals surface area (Å²) in [6, 6.07) is 2.54. The zero-order valence-electron chi connectivity index (χ0n) is 11.9. The minimum absolute atomic E-state index is 0.0331. The van der Waals surface area contributed by atoms with E-state index in [1.807, 2.05) is 13.8 Å². The summed E-state index contributed by atoms with van der Waals surface area (Å²) in [6.45, 7) is 5.23. The van der Waals surface area contributed by atoms with Crippen LogP contribution in [-0.4, -0.2) is 42.4 Å². The summed E-state index contributed by atoms with van der Waals surface area (Å²) in [7, 11) is 1.67. The van der Waals surface area contributed by atoms with Gasteiger partial charge in [-0.1, -0.05) is 0 Å². The largest absolute Gasteiger partial charge is 0.342 e. The molecule has 1 amide bonds. The van der Waals surface area contributed by atoms with Crippen LogP contribution in [0.15, 0.2) is 16.6 Å². The molecule has 0 heterocycles. The molecule has 20 heavy (non-hydrogen) atoms. The number of carbonyl (C=O) groups excluding carboxylic acids is 1. The van der Waals surface area contributed by atoms with Crippen LogP contribution < -0.4 is 0 Å². The van der Waals surface area contributed by atoms with Gasteiger partial charge in [-0.3, -0.25) is 9.69 Å². The number of likely N-dealkylation sites (N-methyl/N-ethyl adjacent to an activating group) is 2. The molecule has 1 aromatic carbocycles. The molecular formula is C14H19BrF2N2O. The van der Waals surface area contributed by atoms with Gasteiger partial charge in [-0.25, -0.2) is 8.78 Å². The fraction of sp³-hybridized carbons (Fsp3) is 0.500. The molecule has 0 spiro atoms. The van der Waals surface area contributed by atoms with Gasteiger partial charge < -0.3 is 4.90 Å². The third-order valence-corrected chi connectivity index (χ3v) is 3.70. The van der Waals surface area contributed by atoms with E-state index >= 15 is 0 Å². The Morgan fingerprint density at radius 1 is 1.25 bits per heavy atom. The maximum absolute atomic E-state index is 13.8. The number of halogens is 3. The van der Waals surface area contributed by atoms with Gasteiger partial charge in [0.05, 0.1) is 11.0 Å². The molecule has 0 aliphatic carbocycles. The predicted molar refractivity (Wildman–Crippen MR) is 78.3 cm³/mol. The number of hydrogen-bond acceptors (Lipinski definition) is 2. The molecule has 0 fully saturated rings. The lowest BCUT2D eigenvalue weighted by Gasteiger charge is -2.23. The van der Waals surface area contributed by atoms with E-state index in [9.17, 15) is 13.6 Å². The summed E-state index contributed by atoms with van der Waals surface area (Å²) in [6.07, 6.45) is 0. The lowest BCUT2D eigenvalue weighted by Crippen LogP contribution is -2.38. The van der Waals surface area contributed by atoms with Crippen LogP contribution in [0.4, 0.5) is 8.78 Å². The average molecular weight is 349 g/mol. The Labute approximate surface area is 126 Å². The van der Waals surface area contributed by atoms with Gasteiger partial charge in [0.1, 0.15) is 11.6 Å². The molecule has 0 radical (unpaired) electrons. The van der Waals surface area contributed by atoms with E-state index < -0.39 is 11.6 Å². The zero-order chi connectivity index (χ0) is 15.3. The second-order valence-electron chi connectivity index (χ2n) is 4.56. The number of nitrogens with zero attached hydrogens (tertiary/aromatic N) is 2. The number of rotatable bonds is 6. The maximum Gasteiger partial charge on any atom is 0.236 e. The molecule has 112 valence electrons. The van der Waals surface area contributed by atoms with Crippen molar-refractivity contribution in [2.75, 3.05) is 26.7 Å². The van der Waals surface area contributed by atoms with Gasteiger partial charge in [-0.05, 0) is 49.0 Å². The Kier molecular flexibility index (Phi) is 6.55. The average Bonchev–Trinajstić information content (AvgIpc) is 2.40. The molecule has 6 heteroatoms. The van der Waals surface area contributed by atoms with Crippen molar-refractivity contribution in [2.24, 2.45) is 0 Å². The van der Waals surface area contributed by atoms with E-state index in [-0.39, 0.29) is 29.0 Å². The lowest BCUT2D eigenvalue weighted by molar-refractivity contribution is -0.131. The number of benzene rings is 1. The molecule has 0 aliphatic heterocycles. The van der Waals surface area contributed by atoms with Crippen molar-refractivity contribution in [2.45, 2.75) is 20.4 Å². The standard InChI is InChI=1S/C14H19BrF2N2O/c1-4-19(5-2)13(20)9-18(3)8-10-12(16)7-6-11(15)14(10)17/h6-7H,4-5,8-9H2,1-3H3. The number of carbonyl (C=O) groups is 1. The highest BCUT2D eigenvalue weighted by Gasteiger charge is 2.17. The van der Waals surface area contributed by atoms with Gasteiger partial charge in [-0.2, -0.15) is 0 Å². The molecular weight excluding hydrogens is 330 g/mol. The maximum atomic E-state index is 13.8. The highest BCUT2D eigenvalue weighted by atomic mass is 79.9. The fourth-order valence-electron chi connectivity index (χ4n) is 1.95. The lowest BCUT2D eigenvalue weighted by atomic mass is 10.2. The second-order valence-corrected chi connectivity index (χ2v) is 5.41. The van der Waals surface area contributed by atoms with Crippen LogP contribution in [-0.2, 0) is 11.3 Å². The van der Waals surface area contributed by atoms with Gasteiger partial charge in [0, 0.05) is 25.2 Å². The SMILES string of the molecule is CCN(CC)C(=O)CN(C)Cc1c(F)ccc(Br)c1F. The van der Waals surface area contributed by atoms with Gasteiger partial charge in [0.25, 0.3) is 0 Å². The highest BCUT2D eigenvalue weighted by Crippen LogP contribution is 2.22. The van der Waals surface area contributed by atoms with Crippen molar-refractivity contribution >= 4 is 21.8 Å². The van der Waals surface area contributed by atoms with Crippen molar-refractivity contribution in [1.29, 1.82) is 0 Å². The minimum atomic E-state index is -0.618. The molecule has 0 saturated carbocycles. The van der Waals surface area contributed by atoms with Crippen LogP contribution in [0.25, 0.3) is 0 Å². The molecule has 0 aliphatic rings. The Morgan fingerprint density at radius 2 is 1.85 bits per heavy atom. The third-order valence-electron chi connectivity index (χ3n) is 3.09. The molecule has 0 unspecified atom stereocenters. The third kappa shape index (κ3) is 4.24. The van der Waals surface area contributed by atoms with Crippen molar-refractivity contribution in [3.63, 3.8) is 0 Å². The number of amides is 1. The van der Waals surface area contributed by atoms with E-state index in [1.165, 1.54) is 12.1 Å². The Morgan fingerprint density at radius 3 is 2.40 bits per heavy atom. The zero-order valence-corrected chi connectivity index (χ0v) is 13.5. The summed E-state index contributed by atoms with van der Waals surface area (Å²) in [5.41, 5.74) is -0.0331. The van der Waals surface area contributed by atoms with E-state index in [0.717, 1.165) is 0 Å². The first-order valence-corrected chi connectivity index (χ1v) is 7.28. The molecule has 0 bridgehead atoms. The first-order valence-electron chi connectivity index (χ1n) is 6.49. The monoisotopic (exact) mass is 348 g/mol. The Balaban J connectivity index is 2.74. The van der Waals surface area contributed by atoms with E-state index in [1.54, 1.807) is 16.8 Å². The topological polar surface area (TPSA) is 23.6 Å². The second kappa shape index (κ2) is 7.69. The molecule has 0 saturated heterocycles. The number of hydrogen-bond donors (Lipinski definition) is 0. The summed E-state index contributed by atoms with van der Waals surface area (Å²) >= 11 is 3.03. The van der Waals surface area contributed by atoms with Crippen LogP contribution in [0.2, 0.25) is 0 Å². The van der Waals surface area contributed by atoms with Crippen LogP contribution in [0, 0.1) is 11.6 Å². The summed E-state index contributed by atoms with van der Waals surface area (Å²) in [5.74, 6) is -1.27. The molecule has 0 aromatic heterocycles. The van der Waals surface area contributed by atoms with Crippen molar-refractivity contribution in [3.05, 3.63) is 33.8 Å². The normalized spacial score (nSPS) is 10.9. The predicted octanol–water partition coefficient (Wildman–Crippen LogP) is 3.03. The van der Waals surface area contributed by atoms with E-state index in [4.69, 9.17) is 0 Å². The Hall–Kier alpha value is -1.01. The van der Waals surface area contributed by atoms with Gasteiger partial charge in [-0.15, -0.1) is 0 Å². The van der Waals surface area contributed by atoms with Crippen LogP contribution in [0.3, 0.4) is 0 Å². The summed E-state index contributed by atoms with van der Waals surface area (Å²) in [5, 5.41) is 0. The van der Waals surface area contributed by atoms with E-state index in [0.29, 0.717) is 13.1 Å². The van der Waals surface area contributed by atoms with Crippen molar-refractivity contribution in [1.82, 2.24) is 9.80 Å². The Bertz CT molecular complexity index is 478. The van der Waals surface area contributed by atoms with Gasteiger partial charge in [0.15, 0.2) is 0 Å². The molecule has 0 atom stereocenters. The van der Waals surface area contributed by atoms with Crippen molar-refractivity contribution in [3.8, 4) is 0 Å². The van der Waals surface area contributed by atoms with E-state index in [2.05, 4.69) is 15.9 Å². The first kappa shape index (κ1) is 17.0. The van der Waals surface area contributed by atoms with Crippen molar-refractivity contribution < 1.29 is 13.6 Å².